The Kier molecular flexibility index (Phi) is 6.79. The van der Waals surface area contributed by atoms with Crippen LogP contribution in [0, 0.1) is 0 Å². The van der Waals surface area contributed by atoms with E-state index in [2.05, 4.69) is 123 Å². The van der Waals surface area contributed by atoms with Gasteiger partial charge in [-0.15, -0.1) is 0 Å². The predicted molar refractivity (Wildman–Crippen MR) is 147 cm³/mol. The fraction of sp³-hybridized carbons (Fsp3) is 0.467. The van der Waals surface area contributed by atoms with E-state index in [1.54, 1.807) is 0 Å². The van der Waals surface area contributed by atoms with Gasteiger partial charge in [0.2, 0.25) is 0 Å². The summed E-state index contributed by atoms with van der Waals surface area (Å²) in [5.41, 5.74) is 7.30. The minimum absolute atomic E-state index is 0.0230. The third-order valence-corrected chi connectivity index (χ3v) is 10.8. The fourth-order valence-corrected chi connectivity index (χ4v) is 8.76. The molecule has 33 heavy (non-hydrogen) atoms. The first kappa shape index (κ1) is 25.4. The quantitative estimate of drug-likeness (QED) is 0.339. The smallest absolute Gasteiger partial charge is 0.122 e. The number of fused-ring (bicyclic) bond motifs is 1. The van der Waals surface area contributed by atoms with Crippen molar-refractivity contribution >= 4 is 19.3 Å². The van der Waals surface area contributed by atoms with Crippen LogP contribution in [-0.4, -0.2) is 33.7 Å². The van der Waals surface area contributed by atoms with Crippen LogP contribution >= 0.6 is 0 Å². The third-order valence-electron chi connectivity index (χ3n) is 6.95. The molecule has 0 fully saturated rings. The maximum Gasteiger partial charge on any atom is 0.122 e. The van der Waals surface area contributed by atoms with Gasteiger partial charge in [0, 0.05) is 25.3 Å². The van der Waals surface area contributed by atoms with Crippen LogP contribution in [0.2, 0.25) is 13.1 Å². The van der Waals surface area contributed by atoms with Crippen molar-refractivity contribution in [2.75, 3.05) is 20.7 Å². The zero-order valence-electron chi connectivity index (χ0n) is 22.5. The van der Waals surface area contributed by atoms with Crippen molar-refractivity contribution in [3.8, 4) is 5.75 Å². The lowest BCUT2D eigenvalue weighted by atomic mass is 9.80. The summed E-state index contributed by atoms with van der Waals surface area (Å²) >= 11 is 0. The highest BCUT2D eigenvalue weighted by Crippen LogP contribution is 2.45. The van der Waals surface area contributed by atoms with E-state index in [1.807, 2.05) is 6.08 Å². The van der Waals surface area contributed by atoms with Gasteiger partial charge in [-0.25, -0.2) is 0 Å². The first-order valence-electron chi connectivity index (χ1n) is 12.1. The molecule has 0 radical (unpaired) electrons. The summed E-state index contributed by atoms with van der Waals surface area (Å²) in [6.07, 6.45) is 4.25. The van der Waals surface area contributed by atoms with E-state index in [-0.39, 0.29) is 10.8 Å². The zero-order valence-corrected chi connectivity index (χ0v) is 23.5. The summed E-state index contributed by atoms with van der Waals surface area (Å²) in [5.74, 6) is 1.08. The summed E-state index contributed by atoms with van der Waals surface area (Å²) in [6, 6.07) is 13.8. The van der Waals surface area contributed by atoms with E-state index in [9.17, 15) is 0 Å². The van der Waals surface area contributed by atoms with Gasteiger partial charge in [0.05, 0.1) is 8.07 Å². The summed E-state index contributed by atoms with van der Waals surface area (Å²) in [5, 5.41) is 1.41. The van der Waals surface area contributed by atoms with Gasteiger partial charge in [0.15, 0.2) is 0 Å². The SMILES string of the molecule is C=CCOc1c(C(C)(C)C)cc(C(C)(C)C)cc1[Si](C)(C)C1C(N(C)C)=Cc2ccccc21. The second-order valence-corrected chi connectivity index (χ2v) is 16.8. The van der Waals surface area contributed by atoms with Gasteiger partial charge in [-0.1, -0.05) is 104 Å². The first-order valence-corrected chi connectivity index (χ1v) is 15.2. The molecule has 0 saturated carbocycles. The van der Waals surface area contributed by atoms with E-state index >= 15 is 0 Å². The molecule has 2 aromatic rings. The van der Waals surface area contributed by atoms with E-state index in [4.69, 9.17) is 4.74 Å². The van der Waals surface area contributed by atoms with Crippen molar-refractivity contribution in [1.29, 1.82) is 0 Å². The molecule has 0 bridgehead atoms. The zero-order chi connectivity index (χ0) is 24.8. The highest BCUT2D eigenvalue weighted by Gasteiger charge is 2.44. The largest absolute Gasteiger partial charge is 0.489 e. The van der Waals surface area contributed by atoms with Gasteiger partial charge in [-0.3, -0.25) is 0 Å². The Balaban J connectivity index is 2.35. The first-order chi connectivity index (χ1) is 15.2. The van der Waals surface area contributed by atoms with Crippen LogP contribution in [0.4, 0.5) is 0 Å². The average molecular weight is 462 g/mol. The number of likely N-dealkylation sites (N-methyl/N-ethyl adjacent to an activating group) is 1. The van der Waals surface area contributed by atoms with Gasteiger partial charge >= 0.3 is 0 Å². The number of rotatable bonds is 6. The molecule has 0 amide bonds. The van der Waals surface area contributed by atoms with E-state index < -0.39 is 8.07 Å². The Bertz CT molecular complexity index is 1060. The predicted octanol–water partition coefficient (Wildman–Crippen LogP) is 7.00. The molecule has 1 unspecified atom stereocenters. The van der Waals surface area contributed by atoms with Crippen LogP contribution in [0.3, 0.4) is 0 Å². The van der Waals surface area contributed by atoms with E-state index in [0.29, 0.717) is 12.1 Å². The fourth-order valence-electron chi connectivity index (χ4n) is 5.00. The Morgan fingerprint density at radius 1 is 1.00 bits per heavy atom. The monoisotopic (exact) mass is 461 g/mol. The lowest BCUT2D eigenvalue weighted by molar-refractivity contribution is 0.353. The molecule has 0 heterocycles. The standard InChI is InChI=1S/C30H43NOSi/c1-12-17-32-27-24(30(5,6)7)19-22(29(2,3)4)20-26(27)33(10,11)28-23-16-14-13-15-21(23)18-25(28)31(8)9/h12-16,18-20,28H,1,17H2,2-11H3. The normalized spacial score (nSPS) is 16.3. The molecular formula is C30H43NOSi. The van der Waals surface area contributed by atoms with Gasteiger partial charge in [-0.2, -0.15) is 0 Å². The molecule has 0 saturated heterocycles. The van der Waals surface area contributed by atoms with Crippen LogP contribution in [-0.2, 0) is 10.8 Å². The number of hydrogen-bond donors (Lipinski definition) is 0. The molecule has 1 aliphatic carbocycles. The van der Waals surface area contributed by atoms with Crippen LogP contribution < -0.4 is 9.92 Å². The van der Waals surface area contributed by atoms with Gasteiger partial charge in [-0.05, 0) is 44.3 Å². The molecule has 0 aliphatic heterocycles. The van der Waals surface area contributed by atoms with Gasteiger partial charge < -0.3 is 9.64 Å². The highest BCUT2D eigenvalue weighted by molar-refractivity contribution is 6.92. The summed E-state index contributed by atoms with van der Waals surface area (Å²) in [6.45, 7) is 23.3. The average Bonchev–Trinajstić information content (AvgIpc) is 3.11. The van der Waals surface area contributed by atoms with E-state index in [0.717, 1.165) is 5.75 Å². The van der Waals surface area contributed by atoms with Gasteiger partial charge in [0.1, 0.15) is 12.4 Å². The Morgan fingerprint density at radius 2 is 1.64 bits per heavy atom. The Morgan fingerprint density at radius 3 is 2.18 bits per heavy atom. The molecule has 0 aromatic heterocycles. The van der Waals surface area contributed by atoms with Crippen molar-refractivity contribution in [1.82, 2.24) is 4.90 Å². The van der Waals surface area contributed by atoms with Crippen molar-refractivity contribution in [3.05, 3.63) is 77.0 Å². The number of hydrogen-bond acceptors (Lipinski definition) is 2. The Labute approximate surface area is 203 Å². The highest BCUT2D eigenvalue weighted by atomic mass is 28.3. The van der Waals surface area contributed by atoms with Crippen LogP contribution in [0.1, 0.15) is 69.3 Å². The maximum atomic E-state index is 6.52. The summed E-state index contributed by atoms with van der Waals surface area (Å²) in [4.78, 5) is 2.31. The molecular weight excluding hydrogens is 418 g/mol. The number of allylic oxidation sites excluding steroid dienone is 1. The lowest BCUT2D eigenvalue weighted by Gasteiger charge is -2.39. The van der Waals surface area contributed by atoms with Crippen molar-refractivity contribution in [2.45, 2.75) is 71.0 Å². The number of benzene rings is 2. The molecule has 1 atom stereocenters. The summed E-state index contributed by atoms with van der Waals surface area (Å²) < 4.78 is 6.52. The molecule has 1 aliphatic rings. The molecule has 3 rings (SSSR count). The molecule has 2 aromatic carbocycles. The van der Waals surface area contributed by atoms with Crippen molar-refractivity contribution < 1.29 is 4.74 Å². The van der Waals surface area contributed by atoms with Crippen LogP contribution in [0.5, 0.6) is 5.75 Å². The third kappa shape index (κ3) is 4.84. The number of ether oxygens (including phenoxy) is 1. The Hall–Kier alpha value is -2.26. The second-order valence-electron chi connectivity index (χ2n) is 12.2. The lowest BCUT2D eigenvalue weighted by Crippen LogP contribution is -2.50. The molecule has 178 valence electrons. The van der Waals surface area contributed by atoms with Crippen molar-refractivity contribution in [2.24, 2.45) is 0 Å². The van der Waals surface area contributed by atoms with Crippen molar-refractivity contribution in [3.63, 3.8) is 0 Å². The minimum atomic E-state index is -2.11. The van der Waals surface area contributed by atoms with E-state index in [1.165, 1.54) is 33.1 Å². The van der Waals surface area contributed by atoms with Crippen LogP contribution in [0.25, 0.3) is 6.08 Å². The molecule has 0 N–H and O–H groups in total. The molecule has 0 spiro atoms. The van der Waals surface area contributed by atoms with Gasteiger partial charge in [0.25, 0.3) is 0 Å². The second kappa shape index (κ2) is 8.83. The topological polar surface area (TPSA) is 12.5 Å². The van der Waals surface area contributed by atoms with Crippen LogP contribution in [0.15, 0.2) is 54.8 Å². The number of nitrogens with zero attached hydrogens (tertiary/aromatic N) is 1. The molecule has 2 nitrogen and oxygen atoms in total. The maximum absolute atomic E-state index is 6.52. The minimum Gasteiger partial charge on any atom is -0.489 e. The molecule has 3 heteroatoms. The summed E-state index contributed by atoms with van der Waals surface area (Å²) in [7, 11) is 2.25.